The molecule has 0 saturated heterocycles. The zero-order valence-electron chi connectivity index (χ0n) is 38.6. The van der Waals surface area contributed by atoms with Gasteiger partial charge in [-0.15, -0.1) is 0 Å². The Morgan fingerprint density at radius 3 is 1.12 bits per heavy atom. The van der Waals surface area contributed by atoms with E-state index in [9.17, 15) is 44.7 Å². The van der Waals surface area contributed by atoms with Crippen LogP contribution in [0.1, 0.15) is 57.0 Å². The van der Waals surface area contributed by atoms with Crippen molar-refractivity contribution in [2.24, 2.45) is 0 Å². The van der Waals surface area contributed by atoms with Crippen molar-refractivity contribution in [3.8, 4) is 65.0 Å². The number of allylic oxidation sites excluding steroid dienone is 5. The third kappa shape index (κ3) is 9.55. The molecule has 7 aromatic carbocycles. The first kappa shape index (κ1) is 49.2. The third-order valence-corrected chi connectivity index (χ3v) is 11.8. The van der Waals surface area contributed by atoms with E-state index in [0.29, 0.717) is 50.3 Å². The summed E-state index contributed by atoms with van der Waals surface area (Å²) in [6.07, 6.45) is -0.341. The van der Waals surface area contributed by atoms with Crippen LogP contribution in [-0.4, -0.2) is 15.3 Å². The maximum absolute atomic E-state index is 11.5. The predicted molar refractivity (Wildman–Crippen MR) is 274 cm³/mol. The number of benzene rings is 7. The van der Waals surface area contributed by atoms with Crippen molar-refractivity contribution in [3.63, 3.8) is 0 Å². The second-order valence-electron chi connectivity index (χ2n) is 16.1. The SMILES string of the molecule is C=C(/C=C\C)C(F)(F)F.C=CC(=C)c1cc(C#N)ccc1C.N#Cc1ccc2c(c1)c1cc(C#N)ccc1n2-c1cc(-c2ccc(C#N)c(-n3c4ccc(C#N)cc4c4cc(C#N)ccc43)c2)ccc1C#N. The second-order valence-corrected chi connectivity index (χ2v) is 16.1. The molecule has 0 aliphatic rings. The van der Waals surface area contributed by atoms with Gasteiger partial charge in [-0.2, -0.15) is 50.0 Å². The fourth-order valence-electron chi connectivity index (χ4n) is 8.27. The van der Waals surface area contributed by atoms with Crippen molar-refractivity contribution < 1.29 is 13.2 Å². The van der Waals surface area contributed by atoms with E-state index in [1.807, 2.05) is 76.7 Å². The lowest BCUT2D eigenvalue weighted by Gasteiger charge is -2.15. The summed E-state index contributed by atoms with van der Waals surface area (Å²) in [6.45, 7) is 13.8. The van der Waals surface area contributed by atoms with E-state index in [4.69, 9.17) is 5.26 Å². The van der Waals surface area contributed by atoms with Gasteiger partial charge in [0.15, 0.2) is 0 Å². The summed E-state index contributed by atoms with van der Waals surface area (Å²) < 4.78 is 38.4. The molecular weight excluding hydrogens is 904 g/mol. The summed E-state index contributed by atoms with van der Waals surface area (Å²) in [7, 11) is 0. The molecule has 0 fully saturated rings. The van der Waals surface area contributed by atoms with Gasteiger partial charge in [0.25, 0.3) is 0 Å². The molecule has 2 aromatic heterocycles. The first-order valence-corrected chi connectivity index (χ1v) is 21.7. The van der Waals surface area contributed by atoms with Gasteiger partial charge in [0.1, 0.15) is 12.1 Å². The van der Waals surface area contributed by atoms with Crippen molar-refractivity contribution in [3.05, 3.63) is 221 Å². The lowest BCUT2D eigenvalue weighted by atomic mass is 9.99. The quantitative estimate of drug-likeness (QED) is 0.149. The maximum Gasteiger partial charge on any atom is 0.415 e. The molecule has 2 heterocycles. The van der Waals surface area contributed by atoms with Gasteiger partial charge in [-0.3, -0.25) is 0 Å². The molecule has 0 N–H and O–H groups in total. The van der Waals surface area contributed by atoms with Gasteiger partial charge in [0.05, 0.1) is 103 Å². The summed E-state index contributed by atoms with van der Waals surface area (Å²) in [4.78, 5) is 0. The normalized spacial score (nSPS) is 10.6. The first-order chi connectivity index (χ1) is 34.7. The van der Waals surface area contributed by atoms with Crippen LogP contribution in [0.5, 0.6) is 0 Å². The molecule has 0 spiro atoms. The first-order valence-electron chi connectivity index (χ1n) is 21.7. The number of fused-ring (bicyclic) bond motifs is 6. The van der Waals surface area contributed by atoms with Crippen molar-refractivity contribution >= 4 is 49.2 Å². The van der Waals surface area contributed by atoms with E-state index < -0.39 is 11.7 Å². The Hall–Kier alpha value is -10.7. The Labute approximate surface area is 412 Å². The number of alkyl halides is 3. The molecule has 342 valence electrons. The third-order valence-electron chi connectivity index (χ3n) is 11.8. The van der Waals surface area contributed by atoms with Gasteiger partial charge in [-0.1, -0.05) is 56.2 Å². The standard InChI is InChI=1S/C42H18N8.C12H11N.C6H7F3/c43-19-25-1-9-37-33(13-25)34-14-26(20-44)2-10-38(34)49(37)41-17-29(5-7-31(41)23-47)30-6-8-32(24-48)42(18-30)50-39-11-3-27(21-45)15-35(39)36-16-28(22-46)4-12-40(36)50;1-4-9(2)12-7-11(8-13)6-5-10(12)3;1-3-4-5(2)6(7,8)9/h1-18H;4-7H,1-2H2,3H3;3-4H,2H2,1H3/b;;4-3-. The predicted octanol–water partition coefficient (Wildman–Crippen LogP) is 14.5. The molecule has 9 aromatic rings. The Kier molecular flexibility index (Phi) is 14.1. The van der Waals surface area contributed by atoms with Crippen molar-refractivity contribution in [1.82, 2.24) is 9.13 Å². The number of hydrogen-bond acceptors (Lipinski definition) is 7. The summed E-state index contributed by atoms with van der Waals surface area (Å²) in [5.41, 5.74) is 11.5. The second kappa shape index (κ2) is 20.7. The number of aryl methyl sites for hydroxylation is 1. The van der Waals surface area contributed by atoms with Gasteiger partial charge >= 0.3 is 6.18 Å². The Balaban J connectivity index is 0.000000286. The minimum atomic E-state index is -4.27. The highest BCUT2D eigenvalue weighted by molar-refractivity contribution is 6.11. The van der Waals surface area contributed by atoms with Gasteiger partial charge in [-0.05, 0) is 151 Å². The molecule has 0 unspecified atom stereocenters. The molecule has 72 heavy (non-hydrogen) atoms. The minimum absolute atomic E-state index is 0.430. The van der Waals surface area contributed by atoms with Crippen LogP contribution in [0.4, 0.5) is 13.2 Å². The average Bonchev–Trinajstić information content (AvgIpc) is 3.91. The van der Waals surface area contributed by atoms with E-state index in [-0.39, 0.29) is 0 Å². The Morgan fingerprint density at radius 2 is 0.833 bits per heavy atom. The van der Waals surface area contributed by atoms with Crippen LogP contribution in [0.2, 0.25) is 0 Å². The van der Waals surface area contributed by atoms with E-state index >= 15 is 0 Å². The van der Waals surface area contributed by atoms with Gasteiger partial charge in [-0.25, -0.2) is 0 Å². The average molecular weight is 940 g/mol. The van der Waals surface area contributed by atoms with Crippen LogP contribution < -0.4 is 0 Å². The molecule has 9 nitrogen and oxygen atoms in total. The Morgan fingerprint density at radius 1 is 0.486 bits per heavy atom. The molecule has 0 saturated carbocycles. The molecule has 12 heteroatoms. The number of halogens is 3. The maximum atomic E-state index is 11.5. The number of aromatic nitrogens is 2. The fourth-order valence-corrected chi connectivity index (χ4v) is 8.27. The zero-order valence-corrected chi connectivity index (χ0v) is 38.6. The fraction of sp³-hybridized carbons (Fsp3) is 0.0500. The molecule has 0 amide bonds. The summed E-state index contributed by atoms with van der Waals surface area (Å²) >= 11 is 0. The van der Waals surface area contributed by atoms with Crippen LogP contribution in [0, 0.1) is 86.2 Å². The molecule has 9 rings (SSSR count). The smallest absolute Gasteiger partial charge is 0.308 e. The van der Waals surface area contributed by atoms with Crippen LogP contribution in [0.15, 0.2) is 171 Å². The molecule has 0 aliphatic heterocycles. The monoisotopic (exact) mass is 939 g/mol. The van der Waals surface area contributed by atoms with Crippen LogP contribution >= 0.6 is 0 Å². The molecule has 0 radical (unpaired) electrons. The highest BCUT2D eigenvalue weighted by Crippen LogP contribution is 2.39. The van der Waals surface area contributed by atoms with Gasteiger partial charge in [0.2, 0.25) is 0 Å². The lowest BCUT2D eigenvalue weighted by Crippen LogP contribution is -2.07. The van der Waals surface area contributed by atoms with E-state index in [0.717, 1.165) is 77.5 Å². The van der Waals surface area contributed by atoms with Crippen molar-refractivity contribution in [2.75, 3.05) is 0 Å². The lowest BCUT2D eigenvalue weighted by molar-refractivity contribution is -0.0878. The van der Waals surface area contributed by atoms with E-state index in [2.05, 4.69) is 62.2 Å². The van der Waals surface area contributed by atoms with Crippen molar-refractivity contribution in [2.45, 2.75) is 20.0 Å². The van der Waals surface area contributed by atoms with Gasteiger partial charge in [0, 0.05) is 27.1 Å². The number of nitriles is 7. The molecule has 0 aliphatic carbocycles. The summed E-state index contributed by atoms with van der Waals surface area (Å²) in [6, 6.07) is 53.7. The summed E-state index contributed by atoms with van der Waals surface area (Å²) in [5.74, 6) is 0. The Bertz CT molecular complexity index is 3740. The van der Waals surface area contributed by atoms with Crippen LogP contribution in [0.3, 0.4) is 0 Å². The minimum Gasteiger partial charge on any atom is -0.308 e. The molecular formula is C60H36F3N9. The van der Waals surface area contributed by atoms with Crippen LogP contribution in [-0.2, 0) is 0 Å². The number of rotatable bonds is 6. The number of nitrogens with zero attached hydrogens (tertiary/aromatic N) is 9. The summed E-state index contributed by atoms with van der Waals surface area (Å²) in [5, 5.41) is 70.9. The largest absolute Gasteiger partial charge is 0.415 e. The number of hydrogen-bond donors (Lipinski definition) is 0. The van der Waals surface area contributed by atoms with Gasteiger partial charge < -0.3 is 9.13 Å². The molecule has 0 bridgehead atoms. The van der Waals surface area contributed by atoms with E-state index in [1.165, 1.54) is 13.0 Å². The topological polar surface area (TPSA) is 176 Å². The highest BCUT2D eigenvalue weighted by atomic mass is 19.4. The highest BCUT2D eigenvalue weighted by Gasteiger charge is 2.29. The van der Waals surface area contributed by atoms with Crippen molar-refractivity contribution in [1.29, 1.82) is 36.8 Å². The van der Waals surface area contributed by atoms with E-state index in [1.54, 1.807) is 72.8 Å². The zero-order chi connectivity index (χ0) is 51.9. The van der Waals surface area contributed by atoms with Crippen LogP contribution in [0.25, 0.3) is 71.7 Å². The molecule has 0 atom stereocenters.